The molecule has 116 valence electrons. The van der Waals surface area contributed by atoms with E-state index in [4.69, 9.17) is 0 Å². The third-order valence-corrected chi connectivity index (χ3v) is 5.82. The smallest absolute Gasteiger partial charge is 0.258 e. The highest BCUT2D eigenvalue weighted by molar-refractivity contribution is 7.16. The molecule has 1 fully saturated rings. The van der Waals surface area contributed by atoms with Crippen molar-refractivity contribution in [1.82, 2.24) is 14.3 Å². The Morgan fingerprint density at radius 1 is 1.32 bits per heavy atom. The zero-order valence-electron chi connectivity index (χ0n) is 13.1. The topological polar surface area (TPSA) is 37.6 Å². The number of aryl methyl sites for hydroxylation is 1. The molecule has 0 unspecified atom stereocenters. The molecule has 0 radical (unpaired) electrons. The Kier molecular flexibility index (Phi) is 3.42. The summed E-state index contributed by atoms with van der Waals surface area (Å²) in [7, 11) is 0. The lowest BCUT2D eigenvalue weighted by Crippen LogP contribution is -2.23. The third kappa shape index (κ3) is 2.52. The predicted octanol–water partition coefficient (Wildman–Crippen LogP) is 2.85. The Balaban J connectivity index is 1.54. The lowest BCUT2D eigenvalue weighted by atomic mass is 9.83. The summed E-state index contributed by atoms with van der Waals surface area (Å²) in [5.41, 5.74) is 2.49. The number of likely N-dealkylation sites (tertiary alicyclic amines) is 1. The molecular formula is C17H21N3OS. The van der Waals surface area contributed by atoms with Gasteiger partial charge in [-0.05, 0) is 38.5 Å². The number of allylic oxidation sites excluding steroid dienone is 2. The molecule has 4 nitrogen and oxygen atoms in total. The van der Waals surface area contributed by atoms with Gasteiger partial charge in [0.05, 0.1) is 5.69 Å². The van der Waals surface area contributed by atoms with E-state index >= 15 is 0 Å². The van der Waals surface area contributed by atoms with Gasteiger partial charge in [0.1, 0.15) is 0 Å². The van der Waals surface area contributed by atoms with Crippen LogP contribution in [0.3, 0.4) is 0 Å². The van der Waals surface area contributed by atoms with Crippen molar-refractivity contribution in [3.63, 3.8) is 0 Å². The first kappa shape index (κ1) is 14.2. The molecule has 22 heavy (non-hydrogen) atoms. The van der Waals surface area contributed by atoms with Crippen LogP contribution < -0.4 is 5.56 Å². The largest absolute Gasteiger partial charge is 0.297 e. The van der Waals surface area contributed by atoms with Crippen LogP contribution in [-0.4, -0.2) is 27.4 Å². The highest BCUT2D eigenvalue weighted by Crippen LogP contribution is 2.36. The average molecular weight is 315 g/mol. The molecule has 0 N–H and O–H groups in total. The van der Waals surface area contributed by atoms with Crippen LogP contribution >= 0.6 is 11.3 Å². The predicted molar refractivity (Wildman–Crippen MR) is 89.3 cm³/mol. The molecule has 5 heteroatoms. The zero-order chi connectivity index (χ0) is 15.3. The molecule has 0 amide bonds. The summed E-state index contributed by atoms with van der Waals surface area (Å²) >= 11 is 1.58. The summed E-state index contributed by atoms with van der Waals surface area (Å²) in [5.74, 6) is 1.58. The van der Waals surface area contributed by atoms with Gasteiger partial charge in [-0.2, -0.15) is 0 Å². The number of fused-ring (bicyclic) bond motifs is 2. The van der Waals surface area contributed by atoms with Gasteiger partial charge in [0.2, 0.25) is 0 Å². The first-order chi connectivity index (χ1) is 10.6. The van der Waals surface area contributed by atoms with E-state index in [0.29, 0.717) is 0 Å². The highest BCUT2D eigenvalue weighted by atomic mass is 32.1. The normalized spacial score (nSPS) is 25.5. The molecule has 2 atom stereocenters. The van der Waals surface area contributed by atoms with Gasteiger partial charge in [-0.1, -0.05) is 11.6 Å². The van der Waals surface area contributed by atoms with Crippen LogP contribution in [0.25, 0.3) is 4.96 Å². The van der Waals surface area contributed by atoms with Crippen LogP contribution in [0.5, 0.6) is 0 Å². The highest BCUT2D eigenvalue weighted by Gasteiger charge is 2.34. The van der Waals surface area contributed by atoms with Crippen LogP contribution in [0.15, 0.2) is 28.7 Å². The van der Waals surface area contributed by atoms with Crippen molar-refractivity contribution >= 4 is 16.3 Å². The van der Waals surface area contributed by atoms with E-state index in [0.717, 1.165) is 47.0 Å². The van der Waals surface area contributed by atoms with E-state index in [1.807, 2.05) is 13.1 Å². The van der Waals surface area contributed by atoms with E-state index in [-0.39, 0.29) is 5.56 Å². The van der Waals surface area contributed by atoms with E-state index in [9.17, 15) is 4.79 Å². The van der Waals surface area contributed by atoms with Crippen LogP contribution in [0.1, 0.15) is 30.3 Å². The van der Waals surface area contributed by atoms with Crippen LogP contribution in [0.4, 0.5) is 0 Å². The van der Waals surface area contributed by atoms with Crippen molar-refractivity contribution in [1.29, 1.82) is 0 Å². The van der Waals surface area contributed by atoms with Crippen LogP contribution in [0, 0.1) is 18.8 Å². The number of hydrogen-bond acceptors (Lipinski definition) is 4. The van der Waals surface area contributed by atoms with E-state index in [2.05, 4.69) is 22.9 Å². The molecule has 2 aliphatic rings. The van der Waals surface area contributed by atoms with Gasteiger partial charge < -0.3 is 0 Å². The molecule has 0 aromatic carbocycles. The Hall–Kier alpha value is -1.46. The van der Waals surface area contributed by atoms with Crippen molar-refractivity contribution < 1.29 is 0 Å². The maximum absolute atomic E-state index is 12.2. The zero-order valence-corrected chi connectivity index (χ0v) is 13.9. The summed E-state index contributed by atoms with van der Waals surface area (Å²) in [6.45, 7) is 7.33. The van der Waals surface area contributed by atoms with Crippen molar-refractivity contribution in [2.45, 2.75) is 33.2 Å². The van der Waals surface area contributed by atoms with Crippen molar-refractivity contribution in [2.24, 2.45) is 11.8 Å². The van der Waals surface area contributed by atoms with Crippen LogP contribution in [-0.2, 0) is 6.54 Å². The second kappa shape index (κ2) is 5.32. The van der Waals surface area contributed by atoms with E-state index in [1.54, 1.807) is 21.8 Å². The summed E-state index contributed by atoms with van der Waals surface area (Å²) in [6, 6.07) is 1.70. The fourth-order valence-corrected chi connectivity index (χ4v) is 4.73. The first-order valence-corrected chi connectivity index (χ1v) is 8.77. The first-order valence-electron chi connectivity index (χ1n) is 7.95. The van der Waals surface area contributed by atoms with Crippen molar-refractivity contribution in [3.05, 3.63) is 44.8 Å². The number of nitrogens with zero attached hydrogens (tertiary/aromatic N) is 3. The summed E-state index contributed by atoms with van der Waals surface area (Å²) in [5, 5.41) is 0. The number of rotatable bonds is 2. The lowest BCUT2D eigenvalue weighted by Gasteiger charge is -2.22. The van der Waals surface area contributed by atoms with E-state index < -0.39 is 0 Å². The summed E-state index contributed by atoms with van der Waals surface area (Å²) < 4.78 is 1.65. The maximum Gasteiger partial charge on any atom is 0.258 e. The van der Waals surface area contributed by atoms with Crippen molar-refractivity contribution in [2.75, 3.05) is 13.1 Å². The lowest BCUT2D eigenvalue weighted by molar-refractivity contribution is 0.310. The Labute approximate surface area is 134 Å². The molecule has 0 saturated carbocycles. The standard InChI is InChI=1S/C17H21N3OS/c1-11-3-4-13-8-19(9-14(13)5-11)10-15-6-16(21)20-7-12(2)22-17(20)18-15/h3,6-7,13-14H,4-5,8-10H2,1-2H3/t13-,14+/m1/s1. The quantitative estimate of drug-likeness (QED) is 0.800. The van der Waals surface area contributed by atoms with Crippen molar-refractivity contribution in [3.8, 4) is 0 Å². The molecule has 4 rings (SSSR count). The van der Waals surface area contributed by atoms with Crippen LogP contribution in [0.2, 0.25) is 0 Å². The number of aromatic nitrogens is 2. The molecule has 1 aliphatic heterocycles. The molecule has 2 aromatic rings. The molecule has 0 spiro atoms. The average Bonchev–Trinajstić information content (AvgIpc) is 3.00. The Bertz CT molecular complexity index is 804. The summed E-state index contributed by atoms with van der Waals surface area (Å²) in [4.78, 5) is 21.3. The third-order valence-electron chi connectivity index (χ3n) is 4.93. The van der Waals surface area contributed by atoms with Gasteiger partial charge in [-0.15, -0.1) is 11.3 Å². The Morgan fingerprint density at radius 2 is 2.14 bits per heavy atom. The minimum absolute atomic E-state index is 0.0403. The molecule has 3 heterocycles. The van der Waals surface area contributed by atoms with Gasteiger partial charge in [0, 0.05) is 36.8 Å². The Morgan fingerprint density at radius 3 is 3.00 bits per heavy atom. The number of thiazole rings is 1. The molecule has 1 saturated heterocycles. The van der Waals surface area contributed by atoms with Gasteiger partial charge in [0.25, 0.3) is 5.56 Å². The molecule has 2 aromatic heterocycles. The fraction of sp³-hybridized carbons (Fsp3) is 0.529. The SMILES string of the molecule is CC1=CC[C@@H]2CN(Cc3cc(=O)n4cc(C)sc4n3)C[C@@H]2C1. The van der Waals surface area contributed by atoms with Gasteiger partial charge in [0.15, 0.2) is 4.96 Å². The van der Waals surface area contributed by atoms with Gasteiger partial charge in [-0.25, -0.2) is 4.98 Å². The maximum atomic E-state index is 12.2. The second-order valence-corrected chi connectivity index (χ2v) is 8.00. The minimum atomic E-state index is 0.0403. The summed E-state index contributed by atoms with van der Waals surface area (Å²) in [6.07, 6.45) is 6.72. The fourth-order valence-electron chi connectivity index (χ4n) is 3.88. The van der Waals surface area contributed by atoms with Gasteiger partial charge in [-0.3, -0.25) is 14.1 Å². The minimum Gasteiger partial charge on any atom is -0.297 e. The monoisotopic (exact) mass is 315 g/mol. The second-order valence-electron chi connectivity index (χ2n) is 6.78. The van der Waals surface area contributed by atoms with Gasteiger partial charge >= 0.3 is 0 Å². The number of hydrogen-bond donors (Lipinski definition) is 0. The molecular weight excluding hydrogens is 294 g/mol. The van der Waals surface area contributed by atoms with E-state index in [1.165, 1.54) is 18.4 Å². The molecule has 1 aliphatic carbocycles. The molecule has 0 bridgehead atoms.